The van der Waals surface area contributed by atoms with Crippen molar-refractivity contribution >= 4 is 21.8 Å². The van der Waals surface area contributed by atoms with Gasteiger partial charge in [0.05, 0.1) is 11.4 Å². The highest BCUT2D eigenvalue weighted by molar-refractivity contribution is 7.89. The first kappa shape index (κ1) is 26.5. The molecule has 180 valence electrons. The van der Waals surface area contributed by atoms with E-state index in [1.807, 2.05) is 45.0 Å². The molecule has 2 rings (SSSR count). The maximum absolute atomic E-state index is 13.3. The lowest BCUT2D eigenvalue weighted by atomic mass is 10.1. The highest BCUT2D eigenvalue weighted by Gasteiger charge is 2.30. The molecule has 0 aromatic heterocycles. The third kappa shape index (κ3) is 7.40. The molecule has 0 aliphatic heterocycles. The average molecular weight is 474 g/mol. The summed E-state index contributed by atoms with van der Waals surface area (Å²) in [4.78, 5) is 27.5. The van der Waals surface area contributed by atoms with Gasteiger partial charge in [0.2, 0.25) is 21.8 Å². The molecule has 0 saturated carbocycles. The van der Waals surface area contributed by atoms with E-state index in [1.165, 1.54) is 24.1 Å². The molecule has 0 fully saturated rings. The molecule has 1 atom stereocenters. The van der Waals surface area contributed by atoms with Gasteiger partial charge in [-0.3, -0.25) is 9.59 Å². The molecule has 2 aromatic carbocycles. The molecule has 0 saturated heterocycles. The number of sulfonamides is 1. The van der Waals surface area contributed by atoms with Gasteiger partial charge in [-0.25, -0.2) is 8.42 Å². The van der Waals surface area contributed by atoms with E-state index in [9.17, 15) is 18.0 Å². The molecule has 0 radical (unpaired) electrons. The van der Waals surface area contributed by atoms with E-state index < -0.39 is 22.0 Å². The average Bonchev–Trinajstić information content (AvgIpc) is 2.78. The van der Waals surface area contributed by atoms with Gasteiger partial charge in [0.25, 0.3) is 0 Å². The zero-order chi connectivity index (χ0) is 24.6. The fourth-order valence-corrected chi connectivity index (χ4v) is 4.39. The Labute approximate surface area is 197 Å². The molecule has 0 unspecified atom stereocenters. The van der Waals surface area contributed by atoms with Gasteiger partial charge in [-0.05, 0) is 44.9 Å². The second kappa shape index (κ2) is 12.0. The van der Waals surface area contributed by atoms with Gasteiger partial charge in [-0.15, -0.1) is 0 Å². The molecule has 7 nitrogen and oxygen atoms in total. The summed E-state index contributed by atoms with van der Waals surface area (Å²) >= 11 is 0. The molecular formula is C25H35N3O4S. The summed E-state index contributed by atoms with van der Waals surface area (Å²) in [6.07, 6.45) is 1.80. The van der Waals surface area contributed by atoms with E-state index in [4.69, 9.17) is 0 Å². The molecule has 0 bridgehead atoms. The fourth-order valence-electron chi connectivity index (χ4n) is 3.27. The van der Waals surface area contributed by atoms with Crippen molar-refractivity contribution in [1.29, 1.82) is 0 Å². The van der Waals surface area contributed by atoms with E-state index in [1.54, 1.807) is 19.1 Å². The topological polar surface area (TPSA) is 86.8 Å². The van der Waals surface area contributed by atoms with Crippen LogP contribution in [0.15, 0.2) is 53.4 Å². The largest absolute Gasteiger partial charge is 0.354 e. The third-order valence-corrected chi connectivity index (χ3v) is 7.38. The minimum absolute atomic E-state index is 0.124. The summed E-state index contributed by atoms with van der Waals surface area (Å²) in [6, 6.07) is 13.4. The smallest absolute Gasteiger partial charge is 0.243 e. The quantitative estimate of drug-likeness (QED) is 0.508. The lowest BCUT2D eigenvalue weighted by molar-refractivity contribution is -0.140. The van der Waals surface area contributed by atoms with Crippen LogP contribution in [0.3, 0.4) is 0 Å². The van der Waals surface area contributed by atoms with E-state index in [2.05, 4.69) is 5.32 Å². The molecular weight excluding hydrogens is 438 g/mol. The molecule has 8 heteroatoms. The summed E-state index contributed by atoms with van der Waals surface area (Å²) in [7, 11) is -2.46. The normalized spacial score (nSPS) is 12.4. The zero-order valence-corrected chi connectivity index (χ0v) is 21.0. The van der Waals surface area contributed by atoms with Gasteiger partial charge >= 0.3 is 0 Å². The van der Waals surface area contributed by atoms with E-state index >= 15 is 0 Å². The lowest BCUT2D eigenvalue weighted by Gasteiger charge is -2.30. The summed E-state index contributed by atoms with van der Waals surface area (Å²) in [5, 5.41) is 2.86. The Morgan fingerprint density at radius 2 is 1.52 bits per heavy atom. The first-order valence-corrected chi connectivity index (χ1v) is 12.7. The Bertz CT molecular complexity index is 1030. The first-order valence-electron chi connectivity index (χ1n) is 11.2. The number of benzene rings is 2. The standard InChI is InChI=1S/C25H35N3O4S/c1-6-7-16-26-25(30)21(4)28(17-22-12-8-19(2)9-13-22)24(29)18-27(5)33(31,32)23-14-10-20(3)11-15-23/h8-15,21H,6-7,16-18H2,1-5H3,(H,26,30)/t21-/m0/s1. The van der Waals surface area contributed by atoms with Crippen molar-refractivity contribution in [2.75, 3.05) is 20.1 Å². The molecule has 1 N–H and O–H groups in total. The van der Waals surface area contributed by atoms with E-state index in [0.717, 1.165) is 33.8 Å². The predicted octanol–water partition coefficient (Wildman–Crippen LogP) is 3.26. The van der Waals surface area contributed by atoms with Crippen LogP contribution in [0.5, 0.6) is 0 Å². The highest BCUT2D eigenvalue weighted by Crippen LogP contribution is 2.17. The van der Waals surface area contributed by atoms with Crippen LogP contribution >= 0.6 is 0 Å². The minimum Gasteiger partial charge on any atom is -0.354 e. The molecule has 0 aliphatic carbocycles. The van der Waals surface area contributed by atoms with Crippen molar-refractivity contribution < 1.29 is 18.0 Å². The number of carbonyl (C=O) groups is 2. The predicted molar refractivity (Wildman–Crippen MR) is 130 cm³/mol. The summed E-state index contributed by atoms with van der Waals surface area (Å²) in [5.41, 5.74) is 2.90. The monoisotopic (exact) mass is 473 g/mol. The van der Waals surface area contributed by atoms with Crippen LogP contribution in [0.2, 0.25) is 0 Å². The Morgan fingerprint density at radius 3 is 2.06 bits per heavy atom. The fraction of sp³-hybridized carbons (Fsp3) is 0.440. The van der Waals surface area contributed by atoms with E-state index in [0.29, 0.717) is 6.54 Å². The molecule has 0 heterocycles. The van der Waals surface area contributed by atoms with Gasteiger partial charge < -0.3 is 10.2 Å². The summed E-state index contributed by atoms with van der Waals surface area (Å²) in [5.74, 6) is -0.695. The SMILES string of the molecule is CCCCNC(=O)[C@H](C)N(Cc1ccc(C)cc1)C(=O)CN(C)S(=O)(=O)c1ccc(C)cc1. The highest BCUT2D eigenvalue weighted by atomic mass is 32.2. The second-order valence-corrected chi connectivity index (χ2v) is 10.4. The summed E-state index contributed by atoms with van der Waals surface area (Å²) in [6.45, 7) is 7.93. The number of hydrogen-bond acceptors (Lipinski definition) is 4. The number of amides is 2. The number of rotatable bonds is 11. The van der Waals surface area contributed by atoms with Gasteiger partial charge in [-0.2, -0.15) is 4.31 Å². The second-order valence-electron chi connectivity index (χ2n) is 8.40. The van der Waals surface area contributed by atoms with Gasteiger partial charge in [0.15, 0.2) is 0 Å². The van der Waals surface area contributed by atoms with Crippen molar-refractivity contribution in [1.82, 2.24) is 14.5 Å². The molecule has 2 aromatic rings. The lowest BCUT2D eigenvalue weighted by Crippen LogP contribution is -2.50. The van der Waals surface area contributed by atoms with Gasteiger partial charge in [-0.1, -0.05) is 60.9 Å². The summed E-state index contributed by atoms with van der Waals surface area (Å²) < 4.78 is 26.9. The van der Waals surface area contributed by atoms with Gasteiger partial charge in [0.1, 0.15) is 6.04 Å². The maximum atomic E-state index is 13.3. The van der Waals surface area contributed by atoms with Crippen LogP contribution in [0.25, 0.3) is 0 Å². The van der Waals surface area contributed by atoms with Crippen LogP contribution in [0.4, 0.5) is 0 Å². The number of likely N-dealkylation sites (N-methyl/N-ethyl adjacent to an activating group) is 1. The Morgan fingerprint density at radius 1 is 0.970 bits per heavy atom. The van der Waals surface area contributed by atoms with Crippen molar-refractivity contribution in [2.24, 2.45) is 0 Å². The molecule has 2 amide bonds. The van der Waals surface area contributed by atoms with Crippen LogP contribution in [-0.4, -0.2) is 55.6 Å². The molecule has 33 heavy (non-hydrogen) atoms. The maximum Gasteiger partial charge on any atom is 0.243 e. The van der Waals surface area contributed by atoms with Crippen molar-refractivity contribution in [3.05, 3.63) is 65.2 Å². The zero-order valence-electron chi connectivity index (χ0n) is 20.2. The van der Waals surface area contributed by atoms with Crippen molar-refractivity contribution in [2.45, 2.75) is 58.0 Å². The molecule has 0 spiro atoms. The first-order chi connectivity index (χ1) is 15.6. The van der Waals surface area contributed by atoms with Crippen LogP contribution in [0.1, 0.15) is 43.4 Å². The van der Waals surface area contributed by atoms with Crippen molar-refractivity contribution in [3.8, 4) is 0 Å². The van der Waals surface area contributed by atoms with E-state index in [-0.39, 0.29) is 23.9 Å². The Hall–Kier alpha value is -2.71. The number of aryl methyl sites for hydroxylation is 2. The third-order valence-electron chi connectivity index (χ3n) is 5.56. The number of nitrogens with zero attached hydrogens (tertiary/aromatic N) is 2. The molecule has 0 aliphatic rings. The number of hydrogen-bond donors (Lipinski definition) is 1. The number of carbonyl (C=O) groups excluding carboxylic acids is 2. The minimum atomic E-state index is -3.84. The Balaban J connectivity index is 2.22. The Kier molecular flexibility index (Phi) is 9.61. The van der Waals surface area contributed by atoms with Crippen LogP contribution in [-0.2, 0) is 26.2 Å². The number of unbranched alkanes of at least 4 members (excludes halogenated alkanes) is 1. The van der Waals surface area contributed by atoms with Gasteiger partial charge in [0, 0.05) is 20.1 Å². The van der Waals surface area contributed by atoms with Crippen molar-refractivity contribution in [3.63, 3.8) is 0 Å². The van der Waals surface area contributed by atoms with Crippen LogP contribution < -0.4 is 5.32 Å². The van der Waals surface area contributed by atoms with Crippen LogP contribution in [0, 0.1) is 13.8 Å². The number of nitrogens with one attached hydrogen (secondary N) is 1.